The molecule has 3 rings (SSSR count). The molecule has 0 unspecified atom stereocenters. The maximum absolute atomic E-state index is 13.1. The van der Waals surface area contributed by atoms with E-state index >= 15 is 0 Å². The van der Waals surface area contributed by atoms with Gasteiger partial charge in [0.15, 0.2) is 0 Å². The molecule has 0 spiro atoms. The quantitative estimate of drug-likeness (QED) is 0.785. The van der Waals surface area contributed by atoms with Gasteiger partial charge in [0.25, 0.3) is 5.91 Å². The van der Waals surface area contributed by atoms with Crippen LogP contribution in [0.4, 0.5) is 10.1 Å². The van der Waals surface area contributed by atoms with Gasteiger partial charge in [0.1, 0.15) is 11.3 Å². The second-order valence-corrected chi connectivity index (χ2v) is 5.64. The Labute approximate surface area is 143 Å². The van der Waals surface area contributed by atoms with Crippen LogP contribution in [0.25, 0.3) is 11.0 Å². The molecule has 0 saturated carbocycles. The van der Waals surface area contributed by atoms with Crippen molar-refractivity contribution >= 4 is 28.5 Å². The third-order valence-electron chi connectivity index (χ3n) is 3.69. The second-order valence-electron chi connectivity index (χ2n) is 5.64. The number of carbonyl (C=O) groups excluding carboxylic acids is 2. The zero-order valence-electron chi connectivity index (χ0n) is 13.7. The number of aryl methyl sites for hydroxylation is 1. The van der Waals surface area contributed by atoms with Crippen LogP contribution in [0, 0.1) is 5.82 Å². The molecule has 3 aromatic rings. The van der Waals surface area contributed by atoms with Crippen LogP contribution in [0.2, 0.25) is 0 Å². The molecule has 8 heteroatoms. The number of carbonyl (C=O) groups is 2. The molecule has 25 heavy (non-hydrogen) atoms. The van der Waals surface area contributed by atoms with Gasteiger partial charge in [0.2, 0.25) is 5.91 Å². The van der Waals surface area contributed by atoms with Gasteiger partial charge in [-0.25, -0.2) is 9.07 Å². The van der Waals surface area contributed by atoms with Gasteiger partial charge < -0.3 is 10.2 Å². The number of hydrogen-bond donors (Lipinski definition) is 1. The normalized spacial score (nSPS) is 10.7. The Bertz CT molecular complexity index is 953. The molecule has 128 valence electrons. The summed E-state index contributed by atoms with van der Waals surface area (Å²) in [7, 11) is 3.29. The Kier molecular flexibility index (Phi) is 4.42. The maximum Gasteiger partial charge on any atom is 0.254 e. The molecular weight excluding hydrogens is 325 g/mol. The summed E-state index contributed by atoms with van der Waals surface area (Å²) >= 11 is 0. The highest BCUT2D eigenvalue weighted by Crippen LogP contribution is 2.14. The first kappa shape index (κ1) is 16.6. The van der Waals surface area contributed by atoms with Gasteiger partial charge in [0.05, 0.1) is 12.1 Å². The average Bonchev–Trinajstić information content (AvgIpc) is 2.94. The SMILES string of the molecule is CN(CC(=O)Nc1cccc(F)c1)C(=O)c1ccc2c(c1)nnn2C. The number of benzene rings is 2. The number of fused-ring (bicyclic) bond motifs is 1. The number of amides is 2. The standard InChI is InChI=1S/C17H16FN5O2/c1-22(10-16(24)19-13-5-3-4-12(18)9-13)17(25)11-6-7-15-14(8-11)20-21-23(15)2/h3-9H,10H2,1-2H3,(H,19,24). The van der Waals surface area contributed by atoms with Crippen molar-refractivity contribution in [3.63, 3.8) is 0 Å². The van der Waals surface area contributed by atoms with Crippen LogP contribution >= 0.6 is 0 Å². The highest BCUT2D eigenvalue weighted by atomic mass is 19.1. The Morgan fingerprint density at radius 1 is 1.24 bits per heavy atom. The van der Waals surface area contributed by atoms with E-state index in [0.717, 1.165) is 5.52 Å². The van der Waals surface area contributed by atoms with Crippen molar-refractivity contribution in [2.24, 2.45) is 7.05 Å². The van der Waals surface area contributed by atoms with Crippen molar-refractivity contribution in [2.75, 3.05) is 18.9 Å². The zero-order valence-corrected chi connectivity index (χ0v) is 13.7. The van der Waals surface area contributed by atoms with E-state index in [4.69, 9.17) is 0 Å². The Hall–Kier alpha value is -3.29. The van der Waals surface area contributed by atoms with Crippen molar-refractivity contribution in [1.82, 2.24) is 19.9 Å². The monoisotopic (exact) mass is 341 g/mol. The lowest BCUT2D eigenvalue weighted by molar-refractivity contribution is -0.116. The number of nitrogens with one attached hydrogen (secondary N) is 1. The number of rotatable bonds is 4. The second kappa shape index (κ2) is 6.68. The van der Waals surface area contributed by atoms with E-state index in [1.165, 1.54) is 30.1 Å². The number of halogens is 1. The molecular formula is C17H16FN5O2. The Morgan fingerprint density at radius 2 is 2.04 bits per heavy atom. The lowest BCUT2D eigenvalue weighted by Crippen LogP contribution is -2.34. The molecule has 0 aliphatic heterocycles. The lowest BCUT2D eigenvalue weighted by Gasteiger charge is -2.17. The Balaban J connectivity index is 1.67. The molecule has 7 nitrogen and oxygen atoms in total. The van der Waals surface area contributed by atoms with Crippen LogP contribution in [0.3, 0.4) is 0 Å². The molecule has 0 fully saturated rings. The summed E-state index contributed by atoms with van der Waals surface area (Å²) in [5.41, 5.74) is 2.16. The van der Waals surface area contributed by atoms with Crippen molar-refractivity contribution in [2.45, 2.75) is 0 Å². The fourth-order valence-corrected chi connectivity index (χ4v) is 2.45. The van der Waals surface area contributed by atoms with E-state index in [1.807, 2.05) is 0 Å². The van der Waals surface area contributed by atoms with Crippen LogP contribution in [0.5, 0.6) is 0 Å². The summed E-state index contributed by atoms with van der Waals surface area (Å²) in [6, 6.07) is 10.6. The maximum atomic E-state index is 13.1. The van der Waals surface area contributed by atoms with Gasteiger partial charge in [-0.1, -0.05) is 11.3 Å². The zero-order chi connectivity index (χ0) is 18.0. The van der Waals surface area contributed by atoms with Gasteiger partial charge in [-0.2, -0.15) is 0 Å². The molecule has 0 saturated heterocycles. The number of aromatic nitrogens is 3. The summed E-state index contributed by atoms with van der Waals surface area (Å²) < 4.78 is 14.7. The molecule has 1 aromatic heterocycles. The number of likely N-dealkylation sites (N-methyl/N-ethyl adjacent to an activating group) is 1. The molecule has 0 radical (unpaired) electrons. The van der Waals surface area contributed by atoms with Crippen LogP contribution in [0.1, 0.15) is 10.4 Å². The van der Waals surface area contributed by atoms with Crippen molar-refractivity contribution < 1.29 is 14.0 Å². The van der Waals surface area contributed by atoms with E-state index in [9.17, 15) is 14.0 Å². The first-order chi connectivity index (χ1) is 11.9. The van der Waals surface area contributed by atoms with Gasteiger partial charge in [0, 0.05) is 25.3 Å². The van der Waals surface area contributed by atoms with E-state index in [-0.39, 0.29) is 12.5 Å². The lowest BCUT2D eigenvalue weighted by atomic mass is 10.1. The molecule has 0 bridgehead atoms. The van der Waals surface area contributed by atoms with Crippen LogP contribution in [-0.4, -0.2) is 45.3 Å². The smallest absolute Gasteiger partial charge is 0.254 e. The van der Waals surface area contributed by atoms with Gasteiger partial charge in [-0.3, -0.25) is 9.59 Å². The van der Waals surface area contributed by atoms with Gasteiger partial charge >= 0.3 is 0 Å². The average molecular weight is 341 g/mol. The molecule has 1 N–H and O–H groups in total. The molecule has 0 aliphatic carbocycles. The van der Waals surface area contributed by atoms with Gasteiger partial charge in [-0.15, -0.1) is 5.10 Å². The fraction of sp³-hybridized carbons (Fsp3) is 0.176. The van der Waals surface area contributed by atoms with Crippen molar-refractivity contribution in [3.8, 4) is 0 Å². The minimum Gasteiger partial charge on any atom is -0.332 e. The fourth-order valence-electron chi connectivity index (χ4n) is 2.45. The predicted molar refractivity (Wildman–Crippen MR) is 90.5 cm³/mol. The summed E-state index contributed by atoms with van der Waals surface area (Å²) in [5.74, 6) is -1.18. The van der Waals surface area contributed by atoms with Crippen molar-refractivity contribution in [3.05, 3.63) is 53.8 Å². The summed E-state index contributed by atoms with van der Waals surface area (Å²) in [5, 5.41) is 10.4. The minimum absolute atomic E-state index is 0.159. The third-order valence-corrected chi connectivity index (χ3v) is 3.69. The molecule has 2 amide bonds. The highest BCUT2D eigenvalue weighted by molar-refractivity contribution is 6.00. The predicted octanol–water partition coefficient (Wildman–Crippen LogP) is 1.82. The summed E-state index contributed by atoms with van der Waals surface area (Å²) in [4.78, 5) is 25.8. The summed E-state index contributed by atoms with van der Waals surface area (Å²) in [6.45, 7) is -0.159. The largest absolute Gasteiger partial charge is 0.332 e. The van der Waals surface area contributed by atoms with E-state index < -0.39 is 11.7 Å². The number of hydrogen-bond acceptors (Lipinski definition) is 4. The van der Waals surface area contributed by atoms with Crippen LogP contribution in [-0.2, 0) is 11.8 Å². The third kappa shape index (κ3) is 3.63. The molecule has 1 heterocycles. The van der Waals surface area contributed by atoms with Crippen LogP contribution in [0.15, 0.2) is 42.5 Å². The minimum atomic E-state index is -0.445. The molecule has 0 atom stereocenters. The topological polar surface area (TPSA) is 80.1 Å². The first-order valence-corrected chi connectivity index (χ1v) is 7.54. The summed E-state index contributed by atoms with van der Waals surface area (Å²) in [6.07, 6.45) is 0. The van der Waals surface area contributed by atoms with Crippen molar-refractivity contribution in [1.29, 1.82) is 0 Å². The highest BCUT2D eigenvalue weighted by Gasteiger charge is 2.16. The van der Waals surface area contributed by atoms with E-state index in [2.05, 4.69) is 15.6 Å². The van der Waals surface area contributed by atoms with E-state index in [0.29, 0.717) is 16.8 Å². The first-order valence-electron chi connectivity index (χ1n) is 7.54. The van der Waals surface area contributed by atoms with Crippen LogP contribution < -0.4 is 5.32 Å². The molecule has 2 aromatic carbocycles. The molecule has 0 aliphatic rings. The van der Waals surface area contributed by atoms with E-state index in [1.54, 1.807) is 36.0 Å². The number of nitrogens with zero attached hydrogens (tertiary/aromatic N) is 4. The number of anilines is 1. The van der Waals surface area contributed by atoms with Gasteiger partial charge in [-0.05, 0) is 36.4 Å². The Morgan fingerprint density at radius 3 is 2.80 bits per heavy atom.